The summed E-state index contributed by atoms with van der Waals surface area (Å²) < 4.78 is 5.12. The van der Waals surface area contributed by atoms with E-state index >= 15 is 0 Å². The van der Waals surface area contributed by atoms with E-state index in [-0.39, 0.29) is 6.61 Å². The highest BCUT2D eigenvalue weighted by molar-refractivity contribution is 5.67. The van der Waals surface area contributed by atoms with Crippen molar-refractivity contribution in [1.82, 2.24) is 10.6 Å². The van der Waals surface area contributed by atoms with Crippen molar-refractivity contribution in [1.29, 1.82) is 10.5 Å². The predicted octanol–water partition coefficient (Wildman–Crippen LogP) is 2.87. The SMILES string of the molecule is CC1=C(C#N)CC(C#N)=C(CCNC(=O)OCc2ccccc2)N1. The summed E-state index contributed by atoms with van der Waals surface area (Å²) in [6, 6.07) is 13.6. The highest BCUT2D eigenvalue weighted by Gasteiger charge is 2.17. The number of alkyl carbamates (subject to hydrolysis) is 1. The van der Waals surface area contributed by atoms with E-state index in [0.29, 0.717) is 30.5 Å². The molecule has 1 heterocycles. The zero-order valence-electron chi connectivity index (χ0n) is 13.4. The van der Waals surface area contributed by atoms with Gasteiger partial charge in [-0.1, -0.05) is 30.3 Å². The molecule has 1 aromatic carbocycles. The maximum atomic E-state index is 11.7. The molecule has 0 saturated carbocycles. The van der Waals surface area contributed by atoms with Crippen LogP contribution in [0.3, 0.4) is 0 Å². The molecule has 0 aliphatic carbocycles. The third-order valence-corrected chi connectivity index (χ3v) is 3.64. The summed E-state index contributed by atoms with van der Waals surface area (Å²) in [5.74, 6) is 0. The number of nitrogens with one attached hydrogen (secondary N) is 2. The lowest BCUT2D eigenvalue weighted by Crippen LogP contribution is -2.28. The molecule has 1 amide bonds. The number of hydrogen-bond acceptors (Lipinski definition) is 5. The van der Waals surface area contributed by atoms with Crippen molar-refractivity contribution in [2.24, 2.45) is 0 Å². The summed E-state index contributed by atoms with van der Waals surface area (Å²) in [5.41, 5.74) is 3.48. The molecule has 1 aliphatic rings. The van der Waals surface area contributed by atoms with Crippen LogP contribution in [0, 0.1) is 22.7 Å². The Morgan fingerprint density at radius 1 is 1.25 bits per heavy atom. The molecular weight excluding hydrogens is 304 g/mol. The van der Waals surface area contributed by atoms with E-state index in [1.165, 1.54) is 0 Å². The second-order valence-corrected chi connectivity index (χ2v) is 5.32. The van der Waals surface area contributed by atoms with E-state index in [0.717, 1.165) is 17.0 Å². The van der Waals surface area contributed by atoms with Gasteiger partial charge >= 0.3 is 6.09 Å². The van der Waals surface area contributed by atoms with Gasteiger partial charge in [-0.2, -0.15) is 10.5 Å². The Hall–Kier alpha value is -3.25. The third-order valence-electron chi connectivity index (χ3n) is 3.64. The summed E-state index contributed by atoms with van der Waals surface area (Å²) >= 11 is 0. The molecule has 0 saturated heterocycles. The van der Waals surface area contributed by atoms with Gasteiger partial charge in [0.15, 0.2) is 0 Å². The van der Waals surface area contributed by atoms with Crippen molar-refractivity contribution in [3.63, 3.8) is 0 Å². The fourth-order valence-corrected chi connectivity index (χ4v) is 2.30. The van der Waals surface area contributed by atoms with E-state index in [2.05, 4.69) is 22.8 Å². The van der Waals surface area contributed by atoms with Gasteiger partial charge in [-0.3, -0.25) is 0 Å². The Balaban J connectivity index is 1.79. The van der Waals surface area contributed by atoms with Gasteiger partial charge in [0.2, 0.25) is 0 Å². The molecule has 0 aromatic heterocycles. The van der Waals surface area contributed by atoms with Crippen LogP contribution in [0.25, 0.3) is 0 Å². The molecule has 122 valence electrons. The van der Waals surface area contributed by atoms with E-state index in [4.69, 9.17) is 10.00 Å². The number of carbonyl (C=O) groups excluding carboxylic acids is 1. The topological polar surface area (TPSA) is 97.9 Å². The maximum absolute atomic E-state index is 11.7. The molecule has 0 atom stereocenters. The molecule has 2 rings (SSSR count). The number of benzene rings is 1. The number of dihydropyridines is 1. The van der Waals surface area contributed by atoms with Gasteiger partial charge in [-0.05, 0) is 12.5 Å². The second kappa shape index (κ2) is 8.40. The number of hydrogen-bond donors (Lipinski definition) is 2. The molecule has 0 unspecified atom stereocenters. The van der Waals surface area contributed by atoms with Crippen molar-refractivity contribution < 1.29 is 9.53 Å². The van der Waals surface area contributed by atoms with Crippen LogP contribution in [0.5, 0.6) is 0 Å². The number of allylic oxidation sites excluding steroid dienone is 3. The lowest BCUT2D eigenvalue weighted by molar-refractivity contribution is 0.140. The first kappa shape index (κ1) is 17.1. The number of amides is 1. The summed E-state index contributed by atoms with van der Waals surface area (Å²) in [7, 11) is 0. The molecule has 1 aliphatic heterocycles. The van der Waals surface area contributed by atoms with E-state index in [9.17, 15) is 10.1 Å². The highest BCUT2D eigenvalue weighted by atomic mass is 16.5. The first-order chi connectivity index (χ1) is 11.6. The van der Waals surface area contributed by atoms with Crippen LogP contribution in [-0.2, 0) is 11.3 Å². The van der Waals surface area contributed by atoms with Crippen LogP contribution >= 0.6 is 0 Å². The Kier molecular flexibility index (Phi) is 5.99. The molecule has 0 bridgehead atoms. The Morgan fingerprint density at radius 2 is 1.96 bits per heavy atom. The molecule has 2 N–H and O–H groups in total. The van der Waals surface area contributed by atoms with E-state index in [1.807, 2.05) is 30.3 Å². The summed E-state index contributed by atoms with van der Waals surface area (Å²) in [5, 5.41) is 23.9. The number of rotatable bonds is 5. The normalized spacial score (nSPS) is 13.6. The van der Waals surface area contributed by atoms with Gasteiger partial charge in [-0.25, -0.2) is 4.79 Å². The fraction of sp³-hybridized carbons (Fsp3) is 0.278. The Bertz CT molecular complexity index is 751. The maximum Gasteiger partial charge on any atom is 0.407 e. The molecule has 0 radical (unpaired) electrons. The average Bonchev–Trinajstić information content (AvgIpc) is 2.61. The molecule has 0 fully saturated rings. The van der Waals surface area contributed by atoms with E-state index < -0.39 is 6.09 Å². The number of ether oxygens (including phenoxy) is 1. The zero-order valence-corrected chi connectivity index (χ0v) is 13.4. The van der Waals surface area contributed by atoms with Crippen LogP contribution in [0.1, 0.15) is 25.3 Å². The average molecular weight is 322 g/mol. The number of nitrogens with zero attached hydrogens (tertiary/aromatic N) is 2. The van der Waals surface area contributed by atoms with Gasteiger partial charge in [0.25, 0.3) is 0 Å². The first-order valence-corrected chi connectivity index (χ1v) is 7.57. The van der Waals surface area contributed by atoms with Crippen molar-refractivity contribution >= 4 is 6.09 Å². The standard InChI is InChI=1S/C18H18N4O2/c1-13-15(10-19)9-16(11-20)17(22-13)7-8-21-18(23)24-12-14-5-3-2-4-6-14/h2-6,22H,7-9,12H2,1H3,(H,21,23). The third kappa shape index (κ3) is 4.62. The summed E-state index contributed by atoms with van der Waals surface area (Å²) in [6.07, 6.45) is 0.303. The van der Waals surface area contributed by atoms with Gasteiger partial charge in [0, 0.05) is 30.8 Å². The minimum absolute atomic E-state index is 0.213. The van der Waals surface area contributed by atoms with Crippen LogP contribution in [0.2, 0.25) is 0 Å². The summed E-state index contributed by atoms with van der Waals surface area (Å²) in [4.78, 5) is 11.7. The smallest absolute Gasteiger partial charge is 0.407 e. The molecule has 6 nitrogen and oxygen atoms in total. The van der Waals surface area contributed by atoms with Gasteiger partial charge in [0.05, 0.1) is 23.3 Å². The predicted molar refractivity (Wildman–Crippen MR) is 88.0 cm³/mol. The number of nitriles is 2. The van der Waals surface area contributed by atoms with Crippen molar-refractivity contribution in [3.8, 4) is 12.1 Å². The van der Waals surface area contributed by atoms with Crippen LogP contribution in [0.15, 0.2) is 52.9 Å². The lowest BCUT2D eigenvalue weighted by Gasteiger charge is -2.20. The Labute approximate surface area is 141 Å². The van der Waals surface area contributed by atoms with Crippen molar-refractivity contribution in [2.45, 2.75) is 26.4 Å². The van der Waals surface area contributed by atoms with Gasteiger partial charge < -0.3 is 15.4 Å². The van der Waals surface area contributed by atoms with E-state index in [1.54, 1.807) is 6.92 Å². The molecule has 0 spiro atoms. The molecule has 1 aromatic rings. The van der Waals surface area contributed by atoms with Crippen molar-refractivity contribution in [2.75, 3.05) is 6.54 Å². The Morgan fingerprint density at radius 3 is 2.62 bits per heavy atom. The first-order valence-electron chi connectivity index (χ1n) is 7.57. The monoisotopic (exact) mass is 322 g/mol. The van der Waals surface area contributed by atoms with Crippen LogP contribution < -0.4 is 10.6 Å². The number of carbonyl (C=O) groups is 1. The highest BCUT2D eigenvalue weighted by Crippen LogP contribution is 2.23. The molecular formula is C18H18N4O2. The minimum Gasteiger partial charge on any atom is -0.445 e. The largest absolute Gasteiger partial charge is 0.445 e. The second-order valence-electron chi connectivity index (χ2n) is 5.32. The van der Waals surface area contributed by atoms with Crippen LogP contribution in [0.4, 0.5) is 4.79 Å². The minimum atomic E-state index is -0.501. The van der Waals surface area contributed by atoms with Gasteiger partial charge in [0.1, 0.15) is 6.61 Å². The zero-order chi connectivity index (χ0) is 17.4. The fourth-order valence-electron chi connectivity index (χ4n) is 2.30. The quantitative estimate of drug-likeness (QED) is 0.868. The van der Waals surface area contributed by atoms with Crippen molar-refractivity contribution in [3.05, 3.63) is 58.4 Å². The van der Waals surface area contributed by atoms with Gasteiger partial charge in [-0.15, -0.1) is 0 Å². The summed E-state index contributed by atoms with van der Waals surface area (Å²) in [6.45, 7) is 2.36. The molecule has 6 heteroatoms. The lowest BCUT2D eigenvalue weighted by atomic mass is 9.98. The van der Waals surface area contributed by atoms with Crippen LogP contribution in [-0.4, -0.2) is 12.6 Å². The molecule has 24 heavy (non-hydrogen) atoms.